The predicted octanol–water partition coefficient (Wildman–Crippen LogP) is 4.01. The molecule has 1 aromatic heterocycles. The van der Waals surface area contributed by atoms with E-state index in [1.807, 2.05) is 12.1 Å². The number of methoxy groups -OCH3 is 1. The lowest BCUT2D eigenvalue weighted by Gasteiger charge is -2.33. The van der Waals surface area contributed by atoms with Gasteiger partial charge in [0.05, 0.1) is 13.0 Å². The highest BCUT2D eigenvalue weighted by Crippen LogP contribution is 2.42. The SMILES string of the molecule is COC(=O)[C@H]1C[C@@H](c2ccc(NC(=O)c3nnc(Nc4ccc(F)c(F)c4)o3)cc2)C1. The van der Waals surface area contributed by atoms with Crippen LogP contribution in [-0.2, 0) is 9.53 Å². The van der Waals surface area contributed by atoms with Gasteiger partial charge in [-0.1, -0.05) is 17.2 Å². The third kappa shape index (κ3) is 4.52. The van der Waals surface area contributed by atoms with Gasteiger partial charge < -0.3 is 19.8 Å². The molecule has 0 aliphatic heterocycles. The molecule has 0 unspecified atom stereocenters. The van der Waals surface area contributed by atoms with E-state index in [0.29, 0.717) is 5.69 Å². The summed E-state index contributed by atoms with van der Waals surface area (Å²) in [5, 5.41) is 12.6. The van der Waals surface area contributed by atoms with E-state index in [4.69, 9.17) is 9.15 Å². The molecule has 0 spiro atoms. The fraction of sp³-hybridized carbons (Fsp3) is 0.238. The number of carbonyl (C=O) groups excluding carboxylic acids is 2. The second kappa shape index (κ2) is 8.50. The standard InChI is InChI=1S/C21H18F2N4O4/c1-30-20(29)13-8-12(9-13)11-2-4-14(5-3-11)24-18(28)19-26-27-21(31-19)25-15-6-7-16(22)17(23)10-15/h2-7,10,12-13H,8-9H2,1H3,(H,24,28)(H,25,27)/t12-,13+. The van der Waals surface area contributed by atoms with Gasteiger partial charge in [0.25, 0.3) is 0 Å². The lowest BCUT2D eigenvalue weighted by Crippen LogP contribution is -2.29. The van der Waals surface area contributed by atoms with E-state index >= 15 is 0 Å². The van der Waals surface area contributed by atoms with Crippen LogP contribution >= 0.6 is 0 Å². The van der Waals surface area contributed by atoms with Crippen molar-refractivity contribution in [2.45, 2.75) is 18.8 Å². The Morgan fingerprint density at radius 2 is 1.74 bits per heavy atom. The largest absolute Gasteiger partial charge is 0.469 e. The zero-order chi connectivity index (χ0) is 22.0. The fourth-order valence-electron chi connectivity index (χ4n) is 3.34. The van der Waals surface area contributed by atoms with Crippen molar-refractivity contribution in [1.29, 1.82) is 0 Å². The van der Waals surface area contributed by atoms with E-state index in [0.717, 1.165) is 30.5 Å². The van der Waals surface area contributed by atoms with Crippen molar-refractivity contribution in [2.24, 2.45) is 5.92 Å². The summed E-state index contributed by atoms with van der Waals surface area (Å²) in [6.07, 6.45) is 1.49. The highest BCUT2D eigenvalue weighted by Gasteiger charge is 2.35. The Balaban J connectivity index is 1.33. The Morgan fingerprint density at radius 3 is 2.42 bits per heavy atom. The number of rotatable bonds is 6. The Morgan fingerprint density at radius 1 is 1.03 bits per heavy atom. The van der Waals surface area contributed by atoms with Crippen molar-refractivity contribution >= 4 is 29.3 Å². The maximum Gasteiger partial charge on any atom is 0.320 e. The smallest absolute Gasteiger partial charge is 0.320 e. The van der Waals surface area contributed by atoms with Gasteiger partial charge in [-0.05, 0) is 48.6 Å². The molecule has 2 aromatic carbocycles. The van der Waals surface area contributed by atoms with E-state index in [2.05, 4.69) is 20.8 Å². The molecule has 1 aliphatic rings. The number of hydrogen-bond donors (Lipinski definition) is 2. The Kier molecular flexibility index (Phi) is 5.61. The zero-order valence-electron chi connectivity index (χ0n) is 16.4. The second-order valence-electron chi connectivity index (χ2n) is 7.13. The van der Waals surface area contributed by atoms with Crippen LogP contribution in [0.2, 0.25) is 0 Å². The number of esters is 1. The van der Waals surface area contributed by atoms with Gasteiger partial charge in [-0.25, -0.2) is 8.78 Å². The van der Waals surface area contributed by atoms with Crippen LogP contribution in [0.5, 0.6) is 0 Å². The maximum atomic E-state index is 13.3. The number of nitrogens with one attached hydrogen (secondary N) is 2. The monoisotopic (exact) mass is 428 g/mol. The van der Waals surface area contributed by atoms with E-state index in [9.17, 15) is 18.4 Å². The Hall–Kier alpha value is -3.82. The second-order valence-corrected chi connectivity index (χ2v) is 7.13. The van der Waals surface area contributed by atoms with Gasteiger partial charge in [0.2, 0.25) is 0 Å². The van der Waals surface area contributed by atoms with Gasteiger partial charge in [0.15, 0.2) is 11.6 Å². The summed E-state index contributed by atoms with van der Waals surface area (Å²) in [7, 11) is 1.39. The first-order valence-electron chi connectivity index (χ1n) is 9.47. The normalized spacial score (nSPS) is 17.5. The van der Waals surface area contributed by atoms with Crippen molar-refractivity contribution in [2.75, 3.05) is 17.7 Å². The van der Waals surface area contributed by atoms with Gasteiger partial charge in [0.1, 0.15) is 0 Å². The van der Waals surface area contributed by atoms with Crippen LogP contribution in [0.1, 0.15) is 35.0 Å². The lowest BCUT2D eigenvalue weighted by molar-refractivity contribution is -0.148. The van der Waals surface area contributed by atoms with Crippen LogP contribution in [0.15, 0.2) is 46.9 Å². The van der Waals surface area contributed by atoms with Crippen LogP contribution in [0.4, 0.5) is 26.2 Å². The van der Waals surface area contributed by atoms with E-state index in [-0.39, 0.29) is 35.4 Å². The van der Waals surface area contributed by atoms with Crippen molar-refractivity contribution in [3.05, 3.63) is 65.6 Å². The van der Waals surface area contributed by atoms with Crippen LogP contribution in [0.25, 0.3) is 0 Å². The van der Waals surface area contributed by atoms with Crippen molar-refractivity contribution < 1.29 is 27.5 Å². The number of halogens is 2. The summed E-state index contributed by atoms with van der Waals surface area (Å²) >= 11 is 0. The molecule has 0 bridgehead atoms. The van der Waals surface area contributed by atoms with Gasteiger partial charge in [-0.3, -0.25) is 9.59 Å². The molecule has 1 saturated carbocycles. The topological polar surface area (TPSA) is 106 Å². The minimum Gasteiger partial charge on any atom is -0.469 e. The zero-order valence-corrected chi connectivity index (χ0v) is 16.4. The molecule has 4 rings (SSSR count). The van der Waals surface area contributed by atoms with Crippen molar-refractivity contribution in [3.8, 4) is 0 Å². The lowest BCUT2D eigenvalue weighted by atomic mass is 9.71. The highest BCUT2D eigenvalue weighted by atomic mass is 19.2. The summed E-state index contributed by atoms with van der Waals surface area (Å²) in [4.78, 5) is 23.8. The van der Waals surface area contributed by atoms with Crippen LogP contribution in [0, 0.1) is 17.6 Å². The number of carbonyl (C=O) groups is 2. The molecular formula is C21H18F2N4O4. The molecule has 1 heterocycles. The molecule has 0 atom stereocenters. The fourth-order valence-corrected chi connectivity index (χ4v) is 3.34. The average molecular weight is 428 g/mol. The quantitative estimate of drug-likeness (QED) is 0.572. The minimum absolute atomic E-state index is 0.0545. The first-order valence-corrected chi connectivity index (χ1v) is 9.47. The van der Waals surface area contributed by atoms with Gasteiger partial charge in [-0.15, -0.1) is 5.10 Å². The number of aromatic nitrogens is 2. The summed E-state index contributed by atoms with van der Waals surface area (Å²) in [5.41, 5.74) is 1.80. The molecule has 31 heavy (non-hydrogen) atoms. The van der Waals surface area contributed by atoms with Gasteiger partial charge in [-0.2, -0.15) is 0 Å². The van der Waals surface area contributed by atoms with Gasteiger partial charge in [0, 0.05) is 17.4 Å². The summed E-state index contributed by atoms with van der Waals surface area (Å²) < 4.78 is 36.2. The maximum absolute atomic E-state index is 13.3. The predicted molar refractivity (Wildman–Crippen MR) is 106 cm³/mol. The molecule has 1 amide bonds. The molecule has 3 aromatic rings. The van der Waals surface area contributed by atoms with Crippen LogP contribution < -0.4 is 10.6 Å². The molecule has 1 fully saturated rings. The number of amides is 1. The molecule has 160 valence electrons. The number of benzene rings is 2. The molecule has 8 nitrogen and oxygen atoms in total. The Labute approximate surface area is 175 Å². The summed E-state index contributed by atoms with van der Waals surface area (Å²) in [5.74, 6) is -2.88. The molecule has 0 radical (unpaired) electrons. The van der Waals surface area contributed by atoms with Crippen molar-refractivity contribution in [1.82, 2.24) is 10.2 Å². The summed E-state index contributed by atoms with van der Waals surface area (Å²) in [6, 6.07) is 10.3. The number of anilines is 3. The van der Waals surface area contributed by atoms with Crippen LogP contribution in [0.3, 0.4) is 0 Å². The average Bonchev–Trinajstić information content (AvgIpc) is 3.19. The van der Waals surface area contributed by atoms with E-state index in [1.54, 1.807) is 12.1 Å². The van der Waals surface area contributed by atoms with Gasteiger partial charge >= 0.3 is 23.8 Å². The number of ether oxygens (including phenoxy) is 1. The van der Waals surface area contributed by atoms with Crippen LogP contribution in [-0.4, -0.2) is 29.2 Å². The first-order chi connectivity index (χ1) is 14.9. The Bertz CT molecular complexity index is 1110. The molecule has 10 heteroatoms. The molecule has 2 N–H and O–H groups in total. The summed E-state index contributed by atoms with van der Waals surface area (Å²) in [6.45, 7) is 0. The molecular weight excluding hydrogens is 410 g/mol. The number of nitrogens with zero attached hydrogens (tertiary/aromatic N) is 2. The minimum atomic E-state index is -1.03. The van der Waals surface area contributed by atoms with Crippen molar-refractivity contribution in [3.63, 3.8) is 0 Å². The third-order valence-electron chi connectivity index (χ3n) is 5.10. The number of hydrogen-bond acceptors (Lipinski definition) is 7. The highest BCUT2D eigenvalue weighted by molar-refractivity contribution is 6.00. The first kappa shape index (κ1) is 20.5. The van der Waals surface area contributed by atoms with E-state index in [1.165, 1.54) is 13.2 Å². The third-order valence-corrected chi connectivity index (χ3v) is 5.10. The molecule has 1 aliphatic carbocycles. The molecule has 0 saturated heterocycles. The van der Waals surface area contributed by atoms with E-state index < -0.39 is 17.5 Å².